The lowest BCUT2D eigenvalue weighted by atomic mass is 9.95. The van der Waals surface area contributed by atoms with Gasteiger partial charge in [0.2, 0.25) is 0 Å². The van der Waals surface area contributed by atoms with E-state index in [0.29, 0.717) is 0 Å². The number of aromatic hydroxyl groups is 1. The van der Waals surface area contributed by atoms with E-state index in [1.165, 1.54) is 0 Å². The number of rotatable bonds is 1. The molecule has 2 N–H and O–H groups in total. The summed E-state index contributed by atoms with van der Waals surface area (Å²) < 4.78 is 1.88. The first-order valence-electron chi connectivity index (χ1n) is 8.20. The lowest BCUT2D eigenvalue weighted by molar-refractivity contribution is 0.474. The van der Waals surface area contributed by atoms with Crippen LogP contribution in [-0.2, 0) is 0 Å². The van der Waals surface area contributed by atoms with Crippen LogP contribution < -0.4 is 5.32 Å². The van der Waals surface area contributed by atoms with Crippen molar-refractivity contribution in [1.29, 1.82) is 0 Å². The summed E-state index contributed by atoms with van der Waals surface area (Å²) in [6, 6.07) is 15.7. The fourth-order valence-corrected chi connectivity index (χ4v) is 3.69. The molecular weight excluding hydrogens is 312 g/mol. The summed E-state index contributed by atoms with van der Waals surface area (Å²) in [5.74, 6) is 0.279. The number of aryl methyl sites for hydroxylation is 1. The molecule has 0 bridgehead atoms. The molecule has 0 aliphatic carbocycles. The second-order valence-electron chi connectivity index (χ2n) is 6.34. The fraction of sp³-hybridized carbons (Fsp3) is 0.100. The number of nitrogens with zero attached hydrogens (tertiary/aromatic N) is 3. The minimum Gasteiger partial charge on any atom is -0.508 e. The molecule has 0 saturated heterocycles. The maximum absolute atomic E-state index is 9.78. The van der Waals surface area contributed by atoms with E-state index in [-0.39, 0.29) is 11.8 Å². The molecule has 5 heteroatoms. The minimum absolute atomic E-state index is 0.0426. The molecule has 1 atom stereocenters. The SMILES string of the molecule is Cc1cc(O)ccc1C1Nc2ccccc2-c2ncnn3ccc1c23. The molecule has 0 amide bonds. The molecule has 5 nitrogen and oxygen atoms in total. The zero-order valence-corrected chi connectivity index (χ0v) is 13.6. The van der Waals surface area contributed by atoms with E-state index < -0.39 is 0 Å². The van der Waals surface area contributed by atoms with Crippen LogP contribution in [0.1, 0.15) is 22.7 Å². The molecule has 1 unspecified atom stereocenters. The summed E-state index contributed by atoms with van der Waals surface area (Å²) >= 11 is 0. The van der Waals surface area contributed by atoms with Crippen molar-refractivity contribution < 1.29 is 5.11 Å². The second-order valence-corrected chi connectivity index (χ2v) is 6.34. The fourth-order valence-electron chi connectivity index (χ4n) is 3.69. The van der Waals surface area contributed by atoms with Crippen LogP contribution in [0.25, 0.3) is 16.8 Å². The number of phenols is 1. The van der Waals surface area contributed by atoms with Crippen molar-refractivity contribution in [2.75, 3.05) is 5.32 Å². The standard InChI is InChI=1S/C20H16N4O/c1-12-10-13(25)6-7-14(12)18-16-8-9-24-20(16)19(21-11-22-24)15-4-2-3-5-17(15)23-18/h2-11,18,23,25H,1H3. The van der Waals surface area contributed by atoms with E-state index in [2.05, 4.69) is 33.6 Å². The zero-order valence-electron chi connectivity index (χ0n) is 13.6. The Bertz CT molecular complexity index is 1120. The molecule has 25 heavy (non-hydrogen) atoms. The average molecular weight is 328 g/mol. The number of para-hydroxylation sites is 1. The van der Waals surface area contributed by atoms with Gasteiger partial charge in [0, 0.05) is 23.0 Å². The highest BCUT2D eigenvalue weighted by atomic mass is 16.3. The van der Waals surface area contributed by atoms with Gasteiger partial charge in [0.15, 0.2) is 0 Å². The molecule has 0 spiro atoms. The van der Waals surface area contributed by atoms with Gasteiger partial charge in [0.1, 0.15) is 17.8 Å². The molecular formula is C20H16N4O. The third kappa shape index (κ3) is 2.02. The maximum Gasteiger partial charge on any atom is 0.137 e. The first-order valence-corrected chi connectivity index (χ1v) is 8.20. The van der Waals surface area contributed by atoms with Crippen LogP contribution in [0.4, 0.5) is 5.69 Å². The lowest BCUT2D eigenvalue weighted by Crippen LogP contribution is -2.12. The summed E-state index contributed by atoms with van der Waals surface area (Å²) in [4.78, 5) is 4.56. The molecule has 0 fully saturated rings. The van der Waals surface area contributed by atoms with Crippen LogP contribution in [-0.4, -0.2) is 19.7 Å². The predicted octanol–water partition coefficient (Wildman–Crippen LogP) is 3.93. The number of phenolic OH excluding ortho intramolecular Hbond substituents is 1. The third-order valence-electron chi connectivity index (χ3n) is 4.84. The Labute approximate surface area is 144 Å². The van der Waals surface area contributed by atoms with Crippen molar-refractivity contribution in [3.05, 3.63) is 77.7 Å². The summed E-state index contributed by atoms with van der Waals surface area (Å²) in [6.07, 6.45) is 3.56. The summed E-state index contributed by atoms with van der Waals surface area (Å²) in [6.45, 7) is 2.02. The Morgan fingerprint density at radius 2 is 1.96 bits per heavy atom. The molecule has 0 saturated carbocycles. The Hall–Kier alpha value is -3.34. The van der Waals surface area contributed by atoms with Crippen LogP contribution >= 0.6 is 0 Å². The molecule has 1 aliphatic rings. The minimum atomic E-state index is -0.0426. The van der Waals surface area contributed by atoms with Gasteiger partial charge >= 0.3 is 0 Å². The van der Waals surface area contributed by atoms with Gasteiger partial charge in [0.25, 0.3) is 0 Å². The molecule has 2 aromatic carbocycles. The highest BCUT2D eigenvalue weighted by Gasteiger charge is 2.27. The van der Waals surface area contributed by atoms with E-state index >= 15 is 0 Å². The van der Waals surface area contributed by atoms with Crippen molar-refractivity contribution in [2.45, 2.75) is 13.0 Å². The number of aromatic nitrogens is 3. The lowest BCUT2D eigenvalue weighted by Gasteiger charge is -2.21. The van der Waals surface area contributed by atoms with E-state index in [4.69, 9.17) is 0 Å². The molecule has 3 heterocycles. The smallest absolute Gasteiger partial charge is 0.137 e. The first kappa shape index (κ1) is 14.0. The van der Waals surface area contributed by atoms with Crippen LogP contribution in [0.15, 0.2) is 61.1 Å². The molecule has 2 aromatic heterocycles. The normalized spacial score (nSPS) is 15.5. The van der Waals surface area contributed by atoms with Gasteiger partial charge in [-0.15, -0.1) is 0 Å². The van der Waals surface area contributed by atoms with Crippen molar-refractivity contribution in [2.24, 2.45) is 0 Å². The molecule has 1 aliphatic heterocycles. The molecule has 122 valence electrons. The first-order chi connectivity index (χ1) is 12.2. The van der Waals surface area contributed by atoms with Gasteiger partial charge in [0.05, 0.1) is 11.6 Å². The number of nitrogens with one attached hydrogen (secondary N) is 1. The predicted molar refractivity (Wildman–Crippen MR) is 96.7 cm³/mol. The van der Waals surface area contributed by atoms with Crippen LogP contribution in [0.3, 0.4) is 0 Å². The Kier molecular flexibility index (Phi) is 2.85. The highest BCUT2D eigenvalue weighted by molar-refractivity contribution is 5.90. The second kappa shape index (κ2) is 5.08. The maximum atomic E-state index is 9.78. The van der Waals surface area contributed by atoms with Gasteiger partial charge < -0.3 is 10.4 Å². The summed E-state index contributed by atoms with van der Waals surface area (Å²) in [7, 11) is 0. The monoisotopic (exact) mass is 328 g/mol. The summed E-state index contributed by atoms with van der Waals surface area (Å²) in [5.41, 5.74) is 7.33. The van der Waals surface area contributed by atoms with E-state index in [9.17, 15) is 5.11 Å². The van der Waals surface area contributed by atoms with Crippen LogP contribution in [0, 0.1) is 6.92 Å². The number of fused-ring (bicyclic) bond motifs is 2. The van der Waals surface area contributed by atoms with E-state index in [0.717, 1.165) is 39.2 Å². The quantitative estimate of drug-likeness (QED) is 0.556. The highest BCUT2D eigenvalue weighted by Crippen LogP contribution is 2.41. The van der Waals surface area contributed by atoms with Gasteiger partial charge in [-0.2, -0.15) is 5.10 Å². The van der Waals surface area contributed by atoms with Crippen LogP contribution in [0.5, 0.6) is 5.75 Å². The molecule has 5 rings (SSSR count). The Balaban J connectivity index is 1.85. The Morgan fingerprint density at radius 3 is 2.84 bits per heavy atom. The number of benzene rings is 2. The van der Waals surface area contributed by atoms with Crippen molar-refractivity contribution in [3.63, 3.8) is 0 Å². The number of anilines is 1. The Morgan fingerprint density at radius 1 is 1.08 bits per heavy atom. The van der Waals surface area contributed by atoms with E-state index in [1.807, 2.05) is 35.8 Å². The zero-order chi connectivity index (χ0) is 17.0. The van der Waals surface area contributed by atoms with Gasteiger partial charge in [-0.05, 0) is 42.3 Å². The largest absolute Gasteiger partial charge is 0.508 e. The van der Waals surface area contributed by atoms with Crippen molar-refractivity contribution in [1.82, 2.24) is 14.6 Å². The topological polar surface area (TPSA) is 62.5 Å². The van der Waals surface area contributed by atoms with Crippen molar-refractivity contribution in [3.8, 4) is 17.0 Å². The summed E-state index contributed by atoms with van der Waals surface area (Å²) in [5, 5.41) is 17.8. The molecule has 0 radical (unpaired) electrons. The number of hydrogen-bond donors (Lipinski definition) is 2. The van der Waals surface area contributed by atoms with Gasteiger partial charge in [-0.25, -0.2) is 9.50 Å². The van der Waals surface area contributed by atoms with Crippen LogP contribution in [0.2, 0.25) is 0 Å². The molecule has 4 aromatic rings. The third-order valence-corrected chi connectivity index (χ3v) is 4.84. The average Bonchev–Trinajstić information content (AvgIpc) is 2.98. The van der Waals surface area contributed by atoms with Gasteiger partial charge in [-0.3, -0.25) is 0 Å². The van der Waals surface area contributed by atoms with E-state index in [1.54, 1.807) is 18.5 Å². The van der Waals surface area contributed by atoms with Gasteiger partial charge in [-0.1, -0.05) is 24.3 Å². The van der Waals surface area contributed by atoms with Crippen molar-refractivity contribution >= 4 is 11.2 Å². The number of hydrogen-bond acceptors (Lipinski definition) is 4.